The Morgan fingerprint density at radius 1 is 1.04 bits per heavy atom. The van der Waals surface area contributed by atoms with Crippen LogP contribution < -0.4 is 10.6 Å². The first-order chi connectivity index (χ1) is 12.8. The number of nitrogens with one attached hydrogen (secondary N) is 2. The molecule has 0 unspecified atom stereocenters. The van der Waals surface area contributed by atoms with Crippen LogP contribution in [0.4, 0.5) is 5.69 Å². The molecule has 0 spiro atoms. The van der Waals surface area contributed by atoms with Crippen molar-refractivity contribution in [2.75, 3.05) is 12.4 Å². The molecule has 0 aliphatic heterocycles. The van der Waals surface area contributed by atoms with Gasteiger partial charge in [-0.2, -0.15) is 0 Å². The third-order valence-electron chi connectivity index (χ3n) is 4.25. The van der Waals surface area contributed by atoms with Crippen LogP contribution in [0.15, 0.2) is 42.5 Å². The number of carbonyl (C=O) groups is 3. The quantitative estimate of drug-likeness (QED) is 0.768. The lowest BCUT2D eigenvalue weighted by Crippen LogP contribution is -2.43. The highest BCUT2D eigenvalue weighted by molar-refractivity contribution is 5.98. The molecule has 27 heavy (non-hydrogen) atoms. The number of benzene rings is 2. The minimum absolute atomic E-state index is 0.227. The van der Waals surface area contributed by atoms with E-state index in [0.717, 1.165) is 16.7 Å². The molecule has 0 radical (unpaired) electrons. The average Bonchev–Trinajstić information content (AvgIpc) is 2.63. The van der Waals surface area contributed by atoms with E-state index >= 15 is 0 Å². The second-order valence-corrected chi connectivity index (χ2v) is 6.43. The molecule has 0 saturated heterocycles. The van der Waals surface area contributed by atoms with Crippen LogP contribution >= 0.6 is 0 Å². The number of aryl methyl sites for hydroxylation is 2. The SMILES string of the molecule is COC(=O)[C@@H](Cc1ccc(C)c(C)c1)NC(=O)c1cccc(NC(C)=O)c1. The maximum atomic E-state index is 12.6. The molecular formula is C21H24N2O4. The number of methoxy groups -OCH3 is 1. The molecule has 2 aromatic rings. The second kappa shape index (κ2) is 8.98. The predicted molar refractivity (Wildman–Crippen MR) is 104 cm³/mol. The van der Waals surface area contributed by atoms with E-state index in [2.05, 4.69) is 10.6 Å². The molecule has 2 aromatic carbocycles. The zero-order valence-electron chi connectivity index (χ0n) is 16.0. The van der Waals surface area contributed by atoms with Crippen molar-refractivity contribution in [3.63, 3.8) is 0 Å². The van der Waals surface area contributed by atoms with E-state index in [9.17, 15) is 14.4 Å². The number of esters is 1. The van der Waals surface area contributed by atoms with Crippen LogP contribution in [0.1, 0.15) is 34.0 Å². The highest BCUT2D eigenvalue weighted by Crippen LogP contribution is 2.14. The van der Waals surface area contributed by atoms with Crippen molar-refractivity contribution >= 4 is 23.5 Å². The second-order valence-electron chi connectivity index (χ2n) is 6.43. The van der Waals surface area contributed by atoms with Gasteiger partial charge in [0.2, 0.25) is 5.91 Å². The van der Waals surface area contributed by atoms with E-state index in [-0.39, 0.29) is 5.91 Å². The molecule has 0 aromatic heterocycles. The summed E-state index contributed by atoms with van der Waals surface area (Å²) in [6, 6.07) is 11.6. The van der Waals surface area contributed by atoms with E-state index in [1.54, 1.807) is 24.3 Å². The molecule has 2 rings (SSSR count). The summed E-state index contributed by atoms with van der Waals surface area (Å²) in [5, 5.41) is 5.35. The van der Waals surface area contributed by atoms with E-state index in [0.29, 0.717) is 17.7 Å². The van der Waals surface area contributed by atoms with Crippen molar-refractivity contribution in [3.05, 3.63) is 64.7 Å². The first kappa shape index (κ1) is 20.2. The van der Waals surface area contributed by atoms with E-state index in [1.165, 1.54) is 14.0 Å². The van der Waals surface area contributed by atoms with Crippen LogP contribution in [0.25, 0.3) is 0 Å². The van der Waals surface area contributed by atoms with Gasteiger partial charge in [0.1, 0.15) is 6.04 Å². The van der Waals surface area contributed by atoms with E-state index < -0.39 is 17.9 Å². The monoisotopic (exact) mass is 368 g/mol. The molecule has 0 saturated carbocycles. The molecule has 2 N–H and O–H groups in total. The molecule has 2 amide bonds. The Hall–Kier alpha value is -3.15. The van der Waals surface area contributed by atoms with Gasteiger partial charge in [-0.15, -0.1) is 0 Å². The minimum atomic E-state index is -0.811. The third-order valence-corrected chi connectivity index (χ3v) is 4.25. The zero-order chi connectivity index (χ0) is 20.0. The smallest absolute Gasteiger partial charge is 0.328 e. The fourth-order valence-corrected chi connectivity index (χ4v) is 2.68. The topological polar surface area (TPSA) is 84.5 Å². The Bertz CT molecular complexity index is 861. The van der Waals surface area contributed by atoms with Gasteiger partial charge in [0.25, 0.3) is 5.91 Å². The Kier molecular flexibility index (Phi) is 6.71. The third kappa shape index (κ3) is 5.67. The van der Waals surface area contributed by atoms with Gasteiger partial charge in [-0.25, -0.2) is 4.79 Å². The number of amides is 2. The normalized spacial score (nSPS) is 11.4. The van der Waals surface area contributed by atoms with Gasteiger partial charge >= 0.3 is 5.97 Å². The van der Waals surface area contributed by atoms with Gasteiger partial charge < -0.3 is 15.4 Å². The van der Waals surface area contributed by atoms with Crippen LogP contribution in [-0.4, -0.2) is 30.9 Å². The molecule has 142 valence electrons. The van der Waals surface area contributed by atoms with Crippen LogP contribution in [0, 0.1) is 13.8 Å². The molecule has 0 bridgehead atoms. The first-order valence-corrected chi connectivity index (χ1v) is 8.62. The standard InChI is InChI=1S/C21H24N2O4/c1-13-8-9-16(10-14(13)2)11-19(21(26)27-4)23-20(25)17-6-5-7-18(12-17)22-15(3)24/h5-10,12,19H,11H2,1-4H3,(H,22,24)(H,23,25)/t19-/m1/s1. The van der Waals surface area contributed by atoms with Gasteiger partial charge in [0.15, 0.2) is 0 Å². The van der Waals surface area contributed by atoms with Crippen LogP contribution in [-0.2, 0) is 20.7 Å². The lowest BCUT2D eigenvalue weighted by atomic mass is 10.0. The maximum absolute atomic E-state index is 12.6. The fourth-order valence-electron chi connectivity index (χ4n) is 2.68. The molecule has 0 fully saturated rings. The van der Waals surface area contributed by atoms with Gasteiger partial charge in [-0.1, -0.05) is 24.3 Å². The molecule has 0 aliphatic carbocycles. The van der Waals surface area contributed by atoms with Gasteiger partial charge in [-0.3, -0.25) is 9.59 Å². The molecule has 0 aliphatic rings. The number of anilines is 1. The Morgan fingerprint density at radius 2 is 1.78 bits per heavy atom. The Labute approximate surface area is 158 Å². The van der Waals surface area contributed by atoms with Gasteiger partial charge in [0.05, 0.1) is 7.11 Å². The van der Waals surface area contributed by atoms with E-state index in [4.69, 9.17) is 4.74 Å². The molecule has 6 nitrogen and oxygen atoms in total. The highest BCUT2D eigenvalue weighted by Gasteiger charge is 2.23. The Morgan fingerprint density at radius 3 is 2.41 bits per heavy atom. The lowest BCUT2D eigenvalue weighted by Gasteiger charge is -2.17. The Balaban J connectivity index is 2.17. The summed E-state index contributed by atoms with van der Waals surface area (Å²) in [7, 11) is 1.29. The number of rotatable bonds is 6. The summed E-state index contributed by atoms with van der Waals surface area (Å²) in [4.78, 5) is 35.9. The van der Waals surface area contributed by atoms with Crippen molar-refractivity contribution < 1.29 is 19.1 Å². The molecular weight excluding hydrogens is 344 g/mol. The number of ether oxygens (including phenoxy) is 1. The van der Waals surface area contributed by atoms with Crippen molar-refractivity contribution in [1.29, 1.82) is 0 Å². The lowest BCUT2D eigenvalue weighted by molar-refractivity contribution is -0.142. The van der Waals surface area contributed by atoms with Crippen molar-refractivity contribution in [2.45, 2.75) is 33.2 Å². The van der Waals surface area contributed by atoms with Crippen LogP contribution in [0.2, 0.25) is 0 Å². The summed E-state index contributed by atoms with van der Waals surface area (Å²) >= 11 is 0. The van der Waals surface area contributed by atoms with Crippen LogP contribution in [0.5, 0.6) is 0 Å². The van der Waals surface area contributed by atoms with Gasteiger partial charge in [0, 0.05) is 24.6 Å². The van der Waals surface area contributed by atoms with Crippen LogP contribution in [0.3, 0.4) is 0 Å². The first-order valence-electron chi connectivity index (χ1n) is 8.62. The zero-order valence-corrected chi connectivity index (χ0v) is 16.0. The average molecular weight is 368 g/mol. The summed E-state index contributed by atoms with van der Waals surface area (Å²) in [6.07, 6.45) is 0.324. The number of hydrogen-bond acceptors (Lipinski definition) is 4. The fraction of sp³-hybridized carbons (Fsp3) is 0.286. The van der Waals surface area contributed by atoms with Crippen molar-refractivity contribution in [3.8, 4) is 0 Å². The van der Waals surface area contributed by atoms with Gasteiger partial charge in [-0.05, 0) is 48.7 Å². The maximum Gasteiger partial charge on any atom is 0.328 e. The minimum Gasteiger partial charge on any atom is -0.467 e. The predicted octanol–water partition coefficient (Wildman–Crippen LogP) is 2.78. The summed E-state index contributed by atoms with van der Waals surface area (Å²) in [5.74, 6) is -1.16. The highest BCUT2D eigenvalue weighted by atomic mass is 16.5. The summed E-state index contributed by atoms with van der Waals surface area (Å²) < 4.78 is 4.84. The van der Waals surface area contributed by atoms with Crippen molar-refractivity contribution in [2.24, 2.45) is 0 Å². The number of hydrogen-bond donors (Lipinski definition) is 2. The largest absolute Gasteiger partial charge is 0.467 e. The molecule has 1 atom stereocenters. The molecule has 0 heterocycles. The summed E-state index contributed by atoms with van der Waals surface area (Å²) in [6.45, 7) is 5.41. The molecule has 6 heteroatoms. The van der Waals surface area contributed by atoms with Crippen molar-refractivity contribution in [1.82, 2.24) is 5.32 Å². The number of carbonyl (C=O) groups excluding carboxylic acids is 3. The van der Waals surface area contributed by atoms with E-state index in [1.807, 2.05) is 32.0 Å². The summed E-state index contributed by atoms with van der Waals surface area (Å²) in [5.41, 5.74) is 4.06.